The first-order valence-electron chi connectivity index (χ1n) is 11.0. The van der Waals surface area contributed by atoms with Gasteiger partial charge in [-0.1, -0.05) is 0 Å². The van der Waals surface area contributed by atoms with Gasteiger partial charge in [-0.15, -0.1) is 0 Å². The van der Waals surface area contributed by atoms with Crippen LogP contribution < -0.4 is 14.5 Å². The molecule has 0 bridgehead atoms. The minimum atomic E-state index is -2.92. The highest BCUT2D eigenvalue weighted by molar-refractivity contribution is 5.82. The van der Waals surface area contributed by atoms with E-state index in [9.17, 15) is 13.6 Å². The van der Waals surface area contributed by atoms with Crippen molar-refractivity contribution >= 4 is 17.4 Å². The molecule has 170 valence electrons. The monoisotopic (exact) mass is 444 g/mol. The van der Waals surface area contributed by atoms with Crippen molar-refractivity contribution in [2.24, 2.45) is 5.92 Å². The zero-order valence-corrected chi connectivity index (χ0v) is 18.2. The summed E-state index contributed by atoms with van der Waals surface area (Å²) in [5.41, 5.74) is 2.74. The standard InChI is InChI=1S/C22H26F2N6O2/c1-13-19-17(26-14(2)27-20(19)28-7-3-8-28)12-30(13)21(31)15-5-9-29(11-15)16-4-6-25-18(10-16)32-22(23)24/h4,6,10,13,15,22H,3,5,7-9,11-12H2,1-2H3/t13-,15+/m1/s1. The fourth-order valence-corrected chi connectivity index (χ4v) is 4.85. The third-order valence-corrected chi connectivity index (χ3v) is 6.59. The van der Waals surface area contributed by atoms with Crippen LogP contribution in [0.4, 0.5) is 20.3 Å². The summed E-state index contributed by atoms with van der Waals surface area (Å²) in [6, 6.07) is 3.16. The molecule has 5 rings (SSSR count). The second kappa shape index (κ2) is 8.14. The van der Waals surface area contributed by atoms with Crippen LogP contribution in [0.1, 0.15) is 42.9 Å². The van der Waals surface area contributed by atoms with Gasteiger partial charge in [0.2, 0.25) is 11.8 Å². The maximum atomic E-state index is 13.5. The Labute approximate surface area is 185 Å². The number of ether oxygens (including phenoxy) is 1. The van der Waals surface area contributed by atoms with Gasteiger partial charge in [0.1, 0.15) is 11.6 Å². The van der Waals surface area contributed by atoms with Crippen molar-refractivity contribution in [1.82, 2.24) is 19.9 Å². The quantitative estimate of drug-likeness (QED) is 0.702. The Kier molecular flexibility index (Phi) is 5.30. The van der Waals surface area contributed by atoms with Crippen molar-refractivity contribution in [3.8, 4) is 5.88 Å². The predicted molar refractivity (Wildman–Crippen MR) is 114 cm³/mol. The number of hydrogen-bond donors (Lipinski definition) is 0. The number of rotatable bonds is 5. The molecule has 8 nitrogen and oxygen atoms in total. The molecular formula is C22H26F2N6O2. The van der Waals surface area contributed by atoms with E-state index >= 15 is 0 Å². The molecule has 0 aromatic carbocycles. The fourth-order valence-electron chi connectivity index (χ4n) is 4.85. The van der Waals surface area contributed by atoms with Gasteiger partial charge >= 0.3 is 6.61 Å². The average molecular weight is 444 g/mol. The molecule has 3 aliphatic rings. The molecule has 0 spiro atoms. The van der Waals surface area contributed by atoms with E-state index in [1.807, 2.05) is 16.7 Å². The first-order chi connectivity index (χ1) is 15.4. The predicted octanol–water partition coefficient (Wildman–Crippen LogP) is 2.92. The van der Waals surface area contributed by atoms with E-state index in [1.165, 1.54) is 12.3 Å². The molecule has 2 saturated heterocycles. The number of nitrogens with zero attached hydrogens (tertiary/aromatic N) is 6. The molecular weight excluding hydrogens is 418 g/mol. The van der Waals surface area contributed by atoms with Crippen molar-refractivity contribution in [2.75, 3.05) is 36.0 Å². The van der Waals surface area contributed by atoms with Crippen LogP contribution in [0.15, 0.2) is 18.3 Å². The molecule has 3 aliphatic heterocycles. The normalized spacial score (nSPS) is 22.3. The summed E-state index contributed by atoms with van der Waals surface area (Å²) in [7, 11) is 0. The van der Waals surface area contributed by atoms with Crippen LogP contribution >= 0.6 is 0 Å². The van der Waals surface area contributed by atoms with Crippen LogP contribution in [-0.4, -0.2) is 58.5 Å². The van der Waals surface area contributed by atoms with Crippen molar-refractivity contribution in [3.05, 3.63) is 35.4 Å². The van der Waals surface area contributed by atoms with Crippen LogP contribution in [0.25, 0.3) is 0 Å². The van der Waals surface area contributed by atoms with Crippen LogP contribution in [0, 0.1) is 12.8 Å². The first-order valence-corrected chi connectivity index (χ1v) is 11.0. The molecule has 5 heterocycles. The first kappa shape index (κ1) is 20.8. The number of hydrogen-bond acceptors (Lipinski definition) is 7. The van der Waals surface area contributed by atoms with Crippen molar-refractivity contribution in [2.45, 2.75) is 45.9 Å². The second-order valence-electron chi connectivity index (χ2n) is 8.60. The Balaban J connectivity index is 1.30. The van der Waals surface area contributed by atoms with Crippen LogP contribution in [0.3, 0.4) is 0 Å². The summed E-state index contributed by atoms with van der Waals surface area (Å²) in [6.07, 6.45) is 3.31. The molecule has 10 heteroatoms. The summed E-state index contributed by atoms with van der Waals surface area (Å²) in [6.45, 7) is 4.70. The van der Waals surface area contributed by atoms with Crippen LogP contribution in [0.5, 0.6) is 5.88 Å². The van der Waals surface area contributed by atoms with E-state index in [2.05, 4.69) is 31.5 Å². The minimum absolute atomic E-state index is 0.0743. The van der Waals surface area contributed by atoms with Gasteiger partial charge in [0.05, 0.1) is 24.2 Å². The van der Waals surface area contributed by atoms with E-state index in [4.69, 9.17) is 0 Å². The maximum absolute atomic E-state index is 13.5. The molecule has 0 saturated carbocycles. The van der Waals surface area contributed by atoms with Gasteiger partial charge in [-0.3, -0.25) is 4.79 Å². The Morgan fingerprint density at radius 1 is 1.22 bits per heavy atom. The third-order valence-electron chi connectivity index (χ3n) is 6.59. The molecule has 2 aromatic rings. The highest BCUT2D eigenvalue weighted by Crippen LogP contribution is 2.40. The molecule has 0 N–H and O–H groups in total. The number of halogens is 2. The highest BCUT2D eigenvalue weighted by Gasteiger charge is 2.40. The van der Waals surface area contributed by atoms with Crippen LogP contribution in [0.2, 0.25) is 0 Å². The minimum Gasteiger partial charge on any atom is -0.417 e. The molecule has 2 fully saturated rings. The lowest BCUT2D eigenvalue weighted by molar-refractivity contribution is -0.137. The summed E-state index contributed by atoms with van der Waals surface area (Å²) < 4.78 is 29.4. The average Bonchev–Trinajstić information content (AvgIpc) is 3.31. The molecule has 32 heavy (non-hydrogen) atoms. The summed E-state index contributed by atoms with van der Waals surface area (Å²) in [5, 5.41) is 0. The van der Waals surface area contributed by atoms with Gasteiger partial charge in [-0.25, -0.2) is 15.0 Å². The van der Waals surface area contributed by atoms with Gasteiger partial charge in [0.25, 0.3) is 0 Å². The number of carbonyl (C=O) groups excluding carboxylic acids is 1. The number of fused-ring (bicyclic) bond motifs is 1. The van der Waals surface area contributed by atoms with Gasteiger partial charge in [-0.05, 0) is 32.8 Å². The number of carbonyl (C=O) groups is 1. The Bertz CT molecular complexity index is 1030. The lowest BCUT2D eigenvalue weighted by atomic mass is 10.1. The SMILES string of the molecule is Cc1nc2c(c(N3CCC3)n1)[C@@H](C)N(C(=O)[C@H]1CCN(c3ccnc(OC(F)F)c3)C1)C2. The van der Waals surface area contributed by atoms with Crippen LogP contribution in [-0.2, 0) is 11.3 Å². The summed E-state index contributed by atoms with van der Waals surface area (Å²) in [5.74, 6) is 1.52. The molecule has 1 amide bonds. The largest absolute Gasteiger partial charge is 0.417 e. The highest BCUT2D eigenvalue weighted by atomic mass is 19.3. The Morgan fingerprint density at radius 3 is 2.75 bits per heavy atom. The van der Waals surface area contributed by atoms with Crippen molar-refractivity contribution in [1.29, 1.82) is 0 Å². The number of aromatic nitrogens is 3. The van der Waals surface area contributed by atoms with E-state index < -0.39 is 6.61 Å². The third kappa shape index (κ3) is 3.71. The zero-order chi connectivity index (χ0) is 22.4. The molecule has 2 aromatic heterocycles. The van der Waals surface area contributed by atoms with Gasteiger partial charge in [0, 0.05) is 49.7 Å². The fraction of sp³-hybridized carbons (Fsp3) is 0.545. The molecule has 0 aliphatic carbocycles. The van der Waals surface area contributed by atoms with Crippen molar-refractivity contribution < 1.29 is 18.3 Å². The molecule has 0 unspecified atom stereocenters. The number of amides is 1. The molecule has 2 atom stereocenters. The lowest BCUT2D eigenvalue weighted by Crippen LogP contribution is -2.39. The zero-order valence-electron chi connectivity index (χ0n) is 18.2. The van der Waals surface area contributed by atoms with Gasteiger partial charge in [0.15, 0.2) is 0 Å². The van der Waals surface area contributed by atoms with E-state index in [0.29, 0.717) is 26.1 Å². The summed E-state index contributed by atoms with van der Waals surface area (Å²) in [4.78, 5) is 32.8. The van der Waals surface area contributed by atoms with Gasteiger partial charge in [-0.2, -0.15) is 8.78 Å². The van der Waals surface area contributed by atoms with E-state index in [0.717, 1.165) is 48.1 Å². The summed E-state index contributed by atoms with van der Waals surface area (Å²) >= 11 is 0. The number of pyridine rings is 1. The second-order valence-corrected chi connectivity index (χ2v) is 8.60. The van der Waals surface area contributed by atoms with Crippen molar-refractivity contribution in [3.63, 3.8) is 0 Å². The van der Waals surface area contributed by atoms with E-state index in [-0.39, 0.29) is 23.7 Å². The Morgan fingerprint density at radius 2 is 2.03 bits per heavy atom. The topological polar surface area (TPSA) is 74.7 Å². The Hall–Kier alpha value is -3.04. The number of aryl methyl sites for hydroxylation is 1. The smallest absolute Gasteiger partial charge is 0.388 e. The molecule has 0 radical (unpaired) electrons. The van der Waals surface area contributed by atoms with E-state index in [1.54, 1.807) is 6.07 Å². The number of alkyl halides is 2. The number of anilines is 2. The maximum Gasteiger partial charge on any atom is 0.388 e. The lowest BCUT2D eigenvalue weighted by Gasteiger charge is -2.34. The van der Waals surface area contributed by atoms with Gasteiger partial charge < -0.3 is 19.4 Å².